The van der Waals surface area contributed by atoms with Crippen molar-refractivity contribution < 1.29 is 4.79 Å². The van der Waals surface area contributed by atoms with Crippen molar-refractivity contribution in [2.45, 2.75) is 13.3 Å². The molecule has 1 amide bonds. The van der Waals surface area contributed by atoms with Gasteiger partial charge in [-0.1, -0.05) is 30.3 Å². The molecule has 0 aliphatic carbocycles. The van der Waals surface area contributed by atoms with E-state index in [0.29, 0.717) is 6.42 Å². The van der Waals surface area contributed by atoms with Crippen LogP contribution in [0.3, 0.4) is 0 Å². The van der Waals surface area contributed by atoms with Crippen LogP contribution in [-0.2, 0) is 11.2 Å². The third-order valence-electron chi connectivity index (χ3n) is 2.23. The minimum absolute atomic E-state index is 0.00509. The van der Waals surface area contributed by atoms with E-state index in [0.717, 1.165) is 16.9 Å². The summed E-state index contributed by atoms with van der Waals surface area (Å²) in [7, 11) is 0. The molecule has 0 bridgehead atoms. The van der Waals surface area contributed by atoms with Crippen molar-refractivity contribution in [1.29, 1.82) is 0 Å². The average molecular weight is 232 g/mol. The fourth-order valence-electron chi connectivity index (χ4n) is 1.39. The first kappa shape index (κ1) is 10.8. The molecule has 82 valence electrons. The van der Waals surface area contributed by atoms with Crippen LogP contribution in [-0.4, -0.2) is 10.3 Å². The fraction of sp³-hybridized carbons (Fsp3) is 0.167. The van der Waals surface area contributed by atoms with E-state index in [4.69, 9.17) is 0 Å². The molecule has 2 rings (SSSR count). The number of hydrogen-bond donors (Lipinski definition) is 1. The second-order valence-electron chi connectivity index (χ2n) is 3.52. The highest BCUT2D eigenvalue weighted by Crippen LogP contribution is 2.15. The summed E-state index contributed by atoms with van der Waals surface area (Å²) in [6.07, 6.45) is 0.399. The van der Waals surface area contributed by atoms with E-state index in [1.165, 1.54) is 11.5 Å². The number of nitrogens with one attached hydrogen (secondary N) is 1. The highest BCUT2D eigenvalue weighted by atomic mass is 32.1. The molecule has 1 heterocycles. The number of hydrogen-bond acceptors (Lipinski definition) is 3. The number of anilines is 1. The van der Waals surface area contributed by atoms with Crippen molar-refractivity contribution in [1.82, 2.24) is 4.37 Å². The number of nitrogens with zero attached hydrogens (tertiary/aromatic N) is 1. The number of carbonyl (C=O) groups excluding carboxylic acids is 1. The molecular formula is C12H12N2OS. The van der Waals surface area contributed by atoms with Gasteiger partial charge >= 0.3 is 0 Å². The topological polar surface area (TPSA) is 42.0 Å². The Bertz CT molecular complexity index is 479. The molecule has 1 aromatic heterocycles. The summed E-state index contributed by atoms with van der Waals surface area (Å²) >= 11 is 1.35. The minimum Gasteiger partial charge on any atom is -0.323 e. The molecular weight excluding hydrogens is 220 g/mol. The summed E-state index contributed by atoms with van der Waals surface area (Å²) in [5, 5.41) is 4.69. The molecule has 0 unspecified atom stereocenters. The van der Waals surface area contributed by atoms with Crippen molar-refractivity contribution in [3.05, 3.63) is 47.0 Å². The highest BCUT2D eigenvalue weighted by Gasteiger charge is 2.06. The van der Waals surface area contributed by atoms with Crippen molar-refractivity contribution in [2.75, 3.05) is 5.32 Å². The molecule has 0 saturated heterocycles. The third-order valence-corrected chi connectivity index (χ3v) is 2.95. The molecule has 0 aliphatic heterocycles. The average Bonchev–Trinajstić information content (AvgIpc) is 2.66. The van der Waals surface area contributed by atoms with Gasteiger partial charge in [-0.05, 0) is 24.0 Å². The molecule has 0 radical (unpaired) electrons. The number of rotatable bonds is 3. The molecule has 1 aromatic carbocycles. The van der Waals surface area contributed by atoms with Crippen LogP contribution in [0.1, 0.15) is 11.3 Å². The summed E-state index contributed by atoms with van der Waals surface area (Å²) < 4.78 is 4.10. The first-order valence-corrected chi connectivity index (χ1v) is 5.84. The zero-order valence-electron chi connectivity index (χ0n) is 8.93. The van der Waals surface area contributed by atoms with Gasteiger partial charge in [-0.15, -0.1) is 0 Å². The van der Waals surface area contributed by atoms with Gasteiger partial charge in [0.25, 0.3) is 0 Å². The van der Waals surface area contributed by atoms with Gasteiger partial charge in [-0.3, -0.25) is 4.79 Å². The van der Waals surface area contributed by atoms with Crippen molar-refractivity contribution >= 4 is 23.1 Å². The second kappa shape index (κ2) is 4.90. The smallest absolute Gasteiger partial charge is 0.228 e. The van der Waals surface area contributed by atoms with Crippen LogP contribution in [0.25, 0.3) is 0 Å². The van der Waals surface area contributed by atoms with Crippen molar-refractivity contribution in [2.24, 2.45) is 0 Å². The van der Waals surface area contributed by atoms with Crippen LogP contribution in [0, 0.1) is 6.92 Å². The molecule has 3 nitrogen and oxygen atoms in total. The molecule has 0 atom stereocenters. The van der Waals surface area contributed by atoms with Gasteiger partial charge in [-0.2, -0.15) is 4.37 Å². The SMILES string of the molecule is Cc1nscc1NC(=O)Cc1ccccc1. The molecule has 2 aromatic rings. The molecule has 16 heavy (non-hydrogen) atoms. The van der Waals surface area contributed by atoms with Crippen LogP contribution < -0.4 is 5.32 Å². The van der Waals surface area contributed by atoms with Gasteiger partial charge in [0.15, 0.2) is 0 Å². The van der Waals surface area contributed by atoms with Gasteiger partial charge in [0.05, 0.1) is 17.8 Å². The van der Waals surface area contributed by atoms with E-state index >= 15 is 0 Å². The summed E-state index contributed by atoms with van der Waals surface area (Å²) in [5.74, 6) is -0.00509. The predicted molar refractivity (Wildman–Crippen MR) is 65.6 cm³/mol. The Balaban J connectivity index is 1.98. The largest absolute Gasteiger partial charge is 0.323 e. The van der Waals surface area contributed by atoms with Crippen LogP contribution in [0.2, 0.25) is 0 Å². The number of carbonyl (C=O) groups is 1. The van der Waals surface area contributed by atoms with Crippen LogP contribution in [0.5, 0.6) is 0 Å². The van der Waals surface area contributed by atoms with Gasteiger partial charge < -0.3 is 5.32 Å². The first-order chi connectivity index (χ1) is 7.75. The molecule has 0 aliphatic rings. The molecule has 0 saturated carbocycles. The number of aromatic nitrogens is 1. The highest BCUT2D eigenvalue weighted by molar-refractivity contribution is 7.04. The maximum atomic E-state index is 11.7. The zero-order chi connectivity index (χ0) is 11.4. The molecule has 0 fully saturated rings. The molecule has 0 spiro atoms. The van der Waals surface area contributed by atoms with Crippen molar-refractivity contribution in [3.8, 4) is 0 Å². The van der Waals surface area contributed by atoms with Gasteiger partial charge in [0, 0.05) is 5.38 Å². The lowest BCUT2D eigenvalue weighted by atomic mass is 10.1. The van der Waals surface area contributed by atoms with E-state index in [-0.39, 0.29) is 5.91 Å². The lowest BCUT2D eigenvalue weighted by Gasteiger charge is -2.03. The number of benzene rings is 1. The second-order valence-corrected chi connectivity index (χ2v) is 4.15. The number of aryl methyl sites for hydroxylation is 1. The summed E-state index contributed by atoms with van der Waals surface area (Å²) in [4.78, 5) is 11.7. The Morgan fingerprint density at radius 2 is 2.12 bits per heavy atom. The van der Waals surface area contributed by atoms with Gasteiger partial charge in [-0.25, -0.2) is 0 Å². The fourth-order valence-corrected chi connectivity index (χ4v) is 2.03. The Kier molecular flexibility index (Phi) is 3.31. The standard InChI is InChI=1S/C12H12N2OS/c1-9-11(8-16-14-9)13-12(15)7-10-5-3-2-4-6-10/h2-6,8H,7H2,1H3,(H,13,15). The third kappa shape index (κ3) is 2.67. The van der Waals surface area contributed by atoms with Gasteiger partial charge in [0.1, 0.15) is 0 Å². The lowest BCUT2D eigenvalue weighted by molar-refractivity contribution is -0.115. The zero-order valence-corrected chi connectivity index (χ0v) is 9.75. The Morgan fingerprint density at radius 3 is 2.75 bits per heavy atom. The monoisotopic (exact) mass is 232 g/mol. The van der Waals surface area contributed by atoms with Crippen LogP contribution >= 0.6 is 11.5 Å². The van der Waals surface area contributed by atoms with Gasteiger partial charge in [0.2, 0.25) is 5.91 Å². The molecule has 4 heteroatoms. The van der Waals surface area contributed by atoms with Crippen molar-refractivity contribution in [3.63, 3.8) is 0 Å². The minimum atomic E-state index is -0.00509. The lowest BCUT2D eigenvalue weighted by Crippen LogP contribution is -2.14. The normalized spacial score (nSPS) is 10.1. The quantitative estimate of drug-likeness (QED) is 0.884. The van der Waals surface area contributed by atoms with E-state index in [1.54, 1.807) is 0 Å². The van der Waals surface area contributed by atoms with Crippen LogP contribution in [0.15, 0.2) is 35.7 Å². The Labute approximate surface area is 98.3 Å². The summed E-state index contributed by atoms with van der Waals surface area (Å²) in [6, 6.07) is 9.69. The maximum Gasteiger partial charge on any atom is 0.228 e. The Morgan fingerprint density at radius 1 is 1.38 bits per heavy atom. The summed E-state index contributed by atoms with van der Waals surface area (Å²) in [6.45, 7) is 1.88. The van der Waals surface area contributed by atoms with Crippen LogP contribution in [0.4, 0.5) is 5.69 Å². The first-order valence-electron chi connectivity index (χ1n) is 5.00. The summed E-state index contributed by atoms with van der Waals surface area (Å²) in [5.41, 5.74) is 2.69. The Hall–Kier alpha value is -1.68. The van der Waals surface area contributed by atoms with E-state index in [1.807, 2.05) is 42.6 Å². The van der Waals surface area contributed by atoms with E-state index in [2.05, 4.69) is 9.69 Å². The number of amides is 1. The predicted octanol–water partition coefficient (Wildman–Crippen LogP) is 2.63. The van der Waals surface area contributed by atoms with E-state index in [9.17, 15) is 4.79 Å². The van der Waals surface area contributed by atoms with E-state index < -0.39 is 0 Å². The maximum absolute atomic E-state index is 11.7. The molecule has 1 N–H and O–H groups in total.